The largest absolute Gasteiger partial charge is 0.493 e. The van der Waals surface area contributed by atoms with E-state index in [1.807, 2.05) is 24.3 Å². The molecule has 0 saturated heterocycles. The molecule has 2 aromatic rings. The van der Waals surface area contributed by atoms with Crippen LogP contribution in [-0.2, 0) is 22.5 Å². The highest BCUT2D eigenvalue weighted by Gasteiger charge is 2.42. The molecule has 0 aromatic heterocycles. The molecule has 4 rings (SSSR count). The fourth-order valence-electron chi connectivity index (χ4n) is 4.62. The van der Waals surface area contributed by atoms with Crippen LogP contribution < -0.4 is 14.4 Å². The van der Waals surface area contributed by atoms with E-state index in [2.05, 4.69) is 26.6 Å². The second-order valence-corrected chi connectivity index (χ2v) is 16.4. The molecule has 0 N–H and O–H groups in total. The number of nitrogens with zero attached hydrogens (tertiary/aromatic N) is 2. The molecule has 8 heteroatoms. The molecule has 0 saturated carbocycles. The number of anilines is 1. The van der Waals surface area contributed by atoms with Crippen molar-refractivity contribution in [2.45, 2.75) is 64.5 Å². The fraction of sp³-hybridized carbons (Fsp3) is 0.500. The Hall–Kier alpha value is -2.84. The summed E-state index contributed by atoms with van der Waals surface area (Å²) in [6.45, 7) is 10.6. The van der Waals surface area contributed by atoms with Crippen LogP contribution in [0.3, 0.4) is 0 Å². The molecule has 0 aliphatic carbocycles. The summed E-state index contributed by atoms with van der Waals surface area (Å²) in [5, 5.41) is 0. The zero-order valence-corrected chi connectivity index (χ0v) is 23.1. The molecular weight excluding hydrogens is 472 g/mol. The number of fused-ring (bicyclic) bond motifs is 3. The lowest BCUT2D eigenvalue weighted by atomic mass is 9.93. The fourth-order valence-corrected chi connectivity index (χ4v) is 5.38. The van der Waals surface area contributed by atoms with Crippen LogP contribution in [0.1, 0.15) is 41.3 Å². The molecule has 2 aliphatic heterocycles. The third-order valence-electron chi connectivity index (χ3n) is 6.84. The number of carbonyl (C=O) groups is 2. The Morgan fingerprint density at radius 1 is 1.03 bits per heavy atom. The van der Waals surface area contributed by atoms with Gasteiger partial charge < -0.3 is 19.1 Å². The number of amides is 2. The Morgan fingerprint density at radius 3 is 2.47 bits per heavy atom. The van der Waals surface area contributed by atoms with Gasteiger partial charge in [0, 0.05) is 33.7 Å². The Balaban J connectivity index is 1.73. The first-order valence-electron chi connectivity index (χ1n) is 12.8. The molecule has 194 valence electrons. The highest BCUT2D eigenvalue weighted by molar-refractivity contribution is 6.76. The first kappa shape index (κ1) is 26.2. The Kier molecular flexibility index (Phi) is 8.05. The Bertz CT molecular complexity index is 1110. The number of unbranched alkanes of at least 4 members (excludes halogenated alkanes) is 1. The molecule has 7 nitrogen and oxygen atoms in total. The van der Waals surface area contributed by atoms with Gasteiger partial charge in [0.25, 0.3) is 11.8 Å². The van der Waals surface area contributed by atoms with Crippen LogP contribution in [0.15, 0.2) is 36.4 Å². The lowest BCUT2D eigenvalue weighted by Crippen LogP contribution is -2.51. The molecule has 36 heavy (non-hydrogen) atoms. The molecular formula is C28H38N2O5Si. The van der Waals surface area contributed by atoms with Crippen molar-refractivity contribution in [1.82, 2.24) is 4.90 Å². The van der Waals surface area contributed by atoms with Crippen molar-refractivity contribution in [3.05, 3.63) is 53.1 Å². The van der Waals surface area contributed by atoms with Crippen molar-refractivity contribution in [2.75, 3.05) is 32.0 Å². The molecule has 2 amide bonds. The molecule has 0 bridgehead atoms. The van der Waals surface area contributed by atoms with Gasteiger partial charge in [0.05, 0.1) is 25.0 Å². The number of hydrogen-bond acceptors (Lipinski definition) is 5. The highest BCUT2D eigenvalue weighted by Crippen LogP contribution is 2.40. The molecule has 1 unspecified atom stereocenters. The van der Waals surface area contributed by atoms with Gasteiger partial charge in [-0.25, -0.2) is 0 Å². The molecule has 2 aromatic carbocycles. The van der Waals surface area contributed by atoms with Gasteiger partial charge in [0.1, 0.15) is 12.8 Å². The average molecular weight is 511 g/mol. The summed E-state index contributed by atoms with van der Waals surface area (Å²) < 4.78 is 17.7. The van der Waals surface area contributed by atoms with Gasteiger partial charge >= 0.3 is 0 Å². The van der Waals surface area contributed by atoms with Crippen molar-refractivity contribution in [1.29, 1.82) is 0 Å². The third kappa shape index (κ3) is 5.60. The first-order valence-corrected chi connectivity index (χ1v) is 16.6. The van der Waals surface area contributed by atoms with E-state index in [1.165, 1.54) is 0 Å². The van der Waals surface area contributed by atoms with Crippen molar-refractivity contribution < 1.29 is 23.8 Å². The van der Waals surface area contributed by atoms with Crippen LogP contribution >= 0.6 is 0 Å². The summed E-state index contributed by atoms with van der Waals surface area (Å²) in [5.41, 5.74) is 3.12. The van der Waals surface area contributed by atoms with Gasteiger partial charge in [0.15, 0.2) is 11.5 Å². The maximum Gasteiger partial charge on any atom is 0.257 e. The molecule has 0 radical (unpaired) electrons. The number of ether oxygens (including phenoxy) is 3. The second-order valence-electron chi connectivity index (χ2n) is 10.8. The van der Waals surface area contributed by atoms with E-state index in [0.717, 1.165) is 30.0 Å². The Labute approximate surface area is 215 Å². The van der Waals surface area contributed by atoms with Crippen LogP contribution in [0.5, 0.6) is 11.5 Å². The third-order valence-corrected chi connectivity index (χ3v) is 8.54. The van der Waals surface area contributed by atoms with Gasteiger partial charge in [-0.1, -0.05) is 57.3 Å². The molecule has 0 spiro atoms. The lowest BCUT2D eigenvalue weighted by Gasteiger charge is -2.35. The lowest BCUT2D eigenvalue weighted by molar-refractivity contribution is -0.124. The minimum absolute atomic E-state index is 0.0936. The van der Waals surface area contributed by atoms with E-state index in [4.69, 9.17) is 14.2 Å². The van der Waals surface area contributed by atoms with Crippen LogP contribution in [0.4, 0.5) is 5.69 Å². The van der Waals surface area contributed by atoms with E-state index in [-0.39, 0.29) is 18.5 Å². The van der Waals surface area contributed by atoms with E-state index < -0.39 is 14.1 Å². The monoisotopic (exact) mass is 510 g/mol. The first-order chi connectivity index (χ1) is 17.2. The Morgan fingerprint density at radius 2 is 1.78 bits per heavy atom. The summed E-state index contributed by atoms with van der Waals surface area (Å²) in [4.78, 5) is 31.2. The van der Waals surface area contributed by atoms with Crippen LogP contribution in [0, 0.1) is 0 Å². The summed E-state index contributed by atoms with van der Waals surface area (Å²) in [7, 11) is 0.279. The van der Waals surface area contributed by atoms with Crippen LogP contribution in [0.2, 0.25) is 25.7 Å². The minimum atomic E-state index is -1.29. The molecule has 0 fully saturated rings. The van der Waals surface area contributed by atoms with Crippen molar-refractivity contribution in [3.63, 3.8) is 0 Å². The van der Waals surface area contributed by atoms with Crippen molar-refractivity contribution in [2.24, 2.45) is 0 Å². The average Bonchev–Trinajstić information content (AvgIpc) is 2.93. The highest BCUT2D eigenvalue weighted by atomic mass is 28.3. The predicted molar refractivity (Wildman–Crippen MR) is 144 cm³/mol. The maximum atomic E-state index is 14.0. The molecule has 1 atom stereocenters. The molecule has 2 heterocycles. The summed E-state index contributed by atoms with van der Waals surface area (Å²) >= 11 is 0. The van der Waals surface area contributed by atoms with Crippen LogP contribution in [-0.4, -0.2) is 57.9 Å². The summed E-state index contributed by atoms with van der Waals surface area (Å²) in [6, 6.07) is 11.9. The summed E-state index contributed by atoms with van der Waals surface area (Å²) in [5.74, 6) is 0.705. The zero-order chi connectivity index (χ0) is 25.9. The van der Waals surface area contributed by atoms with Crippen LogP contribution in [0.25, 0.3) is 0 Å². The predicted octanol–water partition coefficient (Wildman–Crippen LogP) is 5.10. The van der Waals surface area contributed by atoms with Crippen molar-refractivity contribution >= 4 is 25.6 Å². The van der Waals surface area contributed by atoms with E-state index >= 15 is 0 Å². The van der Waals surface area contributed by atoms with Gasteiger partial charge in [0.2, 0.25) is 0 Å². The smallest absolute Gasteiger partial charge is 0.257 e. The van der Waals surface area contributed by atoms with E-state index in [9.17, 15) is 9.59 Å². The number of hydrogen-bond donors (Lipinski definition) is 0. The number of carbonyl (C=O) groups excluding carboxylic acids is 2. The standard InChI is InChI=1S/C28H38N2O5Si/c1-6-7-12-35-26-17-23-22(16-25(26)33-2)27(31)29-18-21-11-9-8-10-20(21)15-24(29)28(32)30(23)19-34-13-14-36(3,4)5/h8-11,16-17,24H,6-7,12-15,18-19H2,1-5H3. The number of rotatable bonds is 10. The molecule has 2 aliphatic rings. The quantitative estimate of drug-likeness (QED) is 0.329. The van der Waals surface area contributed by atoms with Gasteiger partial charge in [-0.05, 0) is 29.7 Å². The zero-order valence-electron chi connectivity index (χ0n) is 22.1. The van der Waals surface area contributed by atoms with E-state index in [0.29, 0.717) is 48.9 Å². The van der Waals surface area contributed by atoms with E-state index in [1.54, 1.807) is 29.0 Å². The van der Waals surface area contributed by atoms with Gasteiger partial charge in [-0.2, -0.15) is 0 Å². The SMILES string of the molecule is CCCCOc1cc2c(cc1OC)C(=O)N1Cc3ccccc3CC1C(=O)N2COCC[Si](C)(C)C. The summed E-state index contributed by atoms with van der Waals surface area (Å²) in [6.07, 6.45) is 2.38. The maximum absolute atomic E-state index is 14.0. The second kappa shape index (κ2) is 11.0. The topological polar surface area (TPSA) is 68.3 Å². The number of benzene rings is 2. The number of methoxy groups -OCH3 is 1. The van der Waals surface area contributed by atoms with Gasteiger partial charge in [-0.15, -0.1) is 0 Å². The van der Waals surface area contributed by atoms with Crippen molar-refractivity contribution in [3.8, 4) is 11.5 Å². The van der Waals surface area contributed by atoms with Gasteiger partial charge in [-0.3, -0.25) is 14.5 Å². The normalized spacial score (nSPS) is 17.3. The minimum Gasteiger partial charge on any atom is -0.493 e.